The predicted octanol–water partition coefficient (Wildman–Crippen LogP) is 4.42. The van der Waals surface area contributed by atoms with E-state index >= 15 is 0 Å². The Morgan fingerprint density at radius 2 is 2.16 bits per heavy atom. The fourth-order valence-electron chi connectivity index (χ4n) is 2.13. The zero-order valence-corrected chi connectivity index (χ0v) is 12.9. The van der Waals surface area contributed by atoms with Crippen molar-refractivity contribution in [2.24, 2.45) is 0 Å². The van der Waals surface area contributed by atoms with Gasteiger partial charge in [-0.3, -0.25) is 0 Å². The summed E-state index contributed by atoms with van der Waals surface area (Å²) in [5.41, 5.74) is 3.80. The van der Waals surface area contributed by atoms with Crippen molar-refractivity contribution >= 4 is 22.9 Å². The minimum Gasteiger partial charge on any atom is -0.495 e. The fraction of sp³-hybridized carbons (Fsp3) is 0.333. The molecule has 1 heterocycles. The van der Waals surface area contributed by atoms with Gasteiger partial charge in [-0.05, 0) is 53.1 Å². The molecule has 0 bridgehead atoms. The van der Waals surface area contributed by atoms with Crippen LogP contribution in [0.1, 0.15) is 29.7 Å². The van der Waals surface area contributed by atoms with Gasteiger partial charge in [0.2, 0.25) is 0 Å². The van der Waals surface area contributed by atoms with Crippen LogP contribution in [-0.2, 0) is 0 Å². The first-order valence-electron chi connectivity index (χ1n) is 6.26. The Labute approximate surface area is 123 Å². The zero-order valence-electron chi connectivity index (χ0n) is 11.4. The van der Waals surface area contributed by atoms with Crippen LogP contribution >= 0.6 is 22.9 Å². The first-order valence-corrected chi connectivity index (χ1v) is 7.59. The summed E-state index contributed by atoms with van der Waals surface area (Å²) in [7, 11) is 1.64. The molecule has 1 atom stereocenters. The van der Waals surface area contributed by atoms with Crippen molar-refractivity contribution in [1.82, 2.24) is 5.32 Å². The predicted molar refractivity (Wildman–Crippen MR) is 82.6 cm³/mol. The second kappa shape index (κ2) is 6.42. The Morgan fingerprint density at radius 3 is 2.74 bits per heavy atom. The highest BCUT2D eigenvalue weighted by atomic mass is 35.5. The number of hydrogen-bond acceptors (Lipinski definition) is 3. The maximum atomic E-state index is 6.09. The Kier molecular flexibility index (Phi) is 4.86. The van der Waals surface area contributed by atoms with Crippen LogP contribution in [0.3, 0.4) is 0 Å². The molecule has 2 aromatic rings. The molecule has 0 spiro atoms. The standard InChI is InChI=1S/C15H18ClNOS/c1-4-17-15(12-9-19-8-10(12)2)11-5-6-13(16)14(7-11)18-3/h5-9,15,17H,4H2,1-3H3. The van der Waals surface area contributed by atoms with Gasteiger partial charge in [0, 0.05) is 0 Å². The summed E-state index contributed by atoms with van der Waals surface area (Å²) < 4.78 is 5.30. The van der Waals surface area contributed by atoms with Gasteiger partial charge < -0.3 is 10.1 Å². The third kappa shape index (κ3) is 3.11. The molecule has 1 aromatic carbocycles. The maximum Gasteiger partial charge on any atom is 0.137 e. The van der Waals surface area contributed by atoms with Crippen LogP contribution in [-0.4, -0.2) is 13.7 Å². The number of thiophene rings is 1. The molecule has 1 aromatic heterocycles. The van der Waals surface area contributed by atoms with Crippen molar-refractivity contribution in [3.8, 4) is 5.75 Å². The van der Waals surface area contributed by atoms with E-state index in [0.29, 0.717) is 5.02 Å². The molecule has 0 aliphatic rings. The van der Waals surface area contributed by atoms with Crippen molar-refractivity contribution in [3.05, 3.63) is 50.7 Å². The average molecular weight is 296 g/mol. The Bertz CT molecular complexity index is 553. The molecule has 0 aliphatic heterocycles. The summed E-state index contributed by atoms with van der Waals surface area (Å²) in [5, 5.41) is 8.53. The topological polar surface area (TPSA) is 21.3 Å². The van der Waals surface area contributed by atoms with Gasteiger partial charge in [0.15, 0.2) is 0 Å². The smallest absolute Gasteiger partial charge is 0.137 e. The second-order valence-corrected chi connectivity index (χ2v) is 5.55. The van der Waals surface area contributed by atoms with E-state index in [2.05, 4.69) is 36.0 Å². The average Bonchev–Trinajstić information content (AvgIpc) is 2.83. The molecule has 0 radical (unpaired) electrons. The third-order valence-corrected chi connectivity index (χ3v) is 4.31. The van der Waals surface area contributed by atoms with Gasteiger partial charge in [-0.25, -0.2) is 0 Å². The first kappa shape index (κ1) is 14.4. The van der Waals surface area contributed by atoms with Gasteiger partial charge in [0.1, 0.15) is 5.75 Å². The van der Waals surface area contributed by atoms with E-state index < -0.39 is 0 Å². The highest BCUT2D eigenvalue weighted by Gasteiger charge is 2.17. The van der Waals surface area contributed by atoms with E-state index in [-0.39, 0.29) is 6.04 Å². The maximum absolute atomic E-state index is 6.09. The summed E-state index contributed by atoms with van der Waals surface area (Å²) in [6.07, 6.45) is 0. The summed E-state index contributed by atoms with van der Waals surface area (Å²) in [5.74, 6) is 0.718. The number of hydrogen-bond donors (Lipinski definition) is 1. The van der Waals surface area contributed by atoms with Crippen molar-refractivity contribution in [2.75, 3.05) is 13.7 Å². The van der Waals surface area contributed by atoms with Crippen LogP contribution < -0.4 is 10.1 Å². The molecule has 0 amide bonds. The van der Waals surface area contributed by atoms with Crippen molar-refractivity contribution in [2.45, 2.75) is 19.9 Å². The number of benzene rings is 1. The van der Waals surface area contributed by atoms with Crippen LogP contribution in [0.5, 0.6) is 5.75 Å². The van der Waals surface area contributed by atoms with Gasteiger partial charge in [0.05, 0.1) is 18.2 Å². The van der Waals surface area contributed by atoms with E-state index in [4.69, 9.17) is 16.3 Å². The number of ether oxygens (including phenoxy) is 1. The lowest BCUT2D eigenvalue weighted by Crippen LogP contribution is -2.22. The highest BCUT2D eigenvalue weighted by molar-refractivity contribution is 7.08. The van der Waals surface area contributed by atoms with Crippen LogP contribution in [0.2, 0.25) is 5.02 Å². The van der Waals surface area contributed by atoms with E-state index in [1.807, 2.05) is 12.1 Å². The first-order chi connectivity index (χ1) is 9.17. The molecule has 2 nitrogen and oxygen atoms in total. The van der Waals surface area contributed by atoms with Crippen LogP contribution in [0.25, 0.3) is 0 Å². The molecular weight excluding hydrogens is 278 g/mol. The molecule has 0 saturated heterocycles. The minimum atomic E-state index is 0.183. The molecule has 0 aliphatic carbocycles. The van der Waals surface area contributed by atoms with Gasteiger partial charge in [0.25, 0.3) is 0 Å². The molecule has 2 rings (SSSR count). The van der Waals surface area contributed by atoms with Gasteiger partial charge in [-0.2, -0.15) is 11.3 Å². The van der Waals surface area contributed by atoms with E-state index in [1.54, 1.807) is 18.4 Å². The highest BCUT2D eigenvalue weighted by Crippen LogP contribution is 2.32. The van der Waals surface area contributed by atoms with Gasteiger partial charge in [-0.15, -0.1) is 0 Å². The Hall–Kier alpha value is -1.03. The van der Waals surface area contributed by atoms with Crippen LogP contribution in [0.15, 0.2) is 29.0 Å². The van der Waals surface area contributed by atoms with Crippen LogP contribution in [0.4, 0.5) is 0 Å². The van der Waals surface area contributed by atoms with Crippen molar-refractivity contribution < 1.29 is 4.74 Å². The molecule has 0 fully saturated rings. The molecular formula is C15H18ClNOS. The summed E-state index contributed by atoms with van der Waals surface area (Å²) in [4.78, 5) is 0. The summed E-state index contributed by atoms with van der Waals surface area (Å²) in [6, 6.07) is 6.13. The molecule has 0 saturated carbocycles. The number of aryl methyl sites for hydroxylation is 1. The Morgan fingerprint density at radius 1 is 1.37 bits per heavy atom. The Balaban J connectivity index is 2.42. The summed E-state index contributed by atoms with van der Waals surface area (Å²) >= 11 is 7.82. The number of rotatable bonds is 5. The fourth-order valence-corrected chi connectivity index (χ4v) is 3.21. The van der Waals surface area contributed by atoms with Crippen molar-refractivity contribution in [3.63, 3.8) is 0 Å². The number of halogens is 1. The largest absolute Gasteiger partial charge is 0.495 e. The molecule has 1 N–H and O–H groups in total. The SMILES string of the molecule is CCNC(c1ccc(Cl)c(OC)c1)c1cscc1C. The summed E-state index contributed by atoms with van der Waals surface area (Å²) in [6.45, 7) is 5.16. The molecule has 102 valence electrons. The van der Waals surface area contributed by atoms with Gasteiger partial charge in [-0.1, -0.05) is 24.6 Å². The van der Waals surface area contributed by atoms with E-state index in [9.17, 15) is 0 Å². The van der Waals surface area contributed by atoms with Crippen molar-refractivity contribution in [1.29, 1.82) is 0 Å². The molecule has 19 heavy (non-hydrogen) atoms. The quantitative estimate of drug-likeness (QED) is 0.882. The lowest BCUT2D eigenvalue weighted by molar-refractivity contribution is 0.414. The minimum absolute atomic E-state index is 0.183. The normalized spacial score (nSPS) is 12.4. The van der Waals surface area contributed by atoms with E-state index in [1.165, 1.54) is 16.7 Å². The number of nitrogens with one attached hydrogen (secondary N) is 1. The van der Waals surface area contributed by atoms with E-state index in [0.717, 1.165) is 12.3 Å². The number of methoxy groups -OCH3 is 1. The van der Waals surface area contributed by atoms with Crippen LogP contribution in [0, 0.1) is 6.92 Å². The lowest BCUT2D eigenvalue weighted by Gasteiger charge is -2.19. The molecule has 1 unspecified atom stereocenters. The van der Waals surface area contributed by atoms with Gasteiger partial charge >= 0.3 is 0 Å². The molecule has 4 heteroatoms. The third-order valence-electron chi connectivity index (χ3n) is 3.12. The zero-order chi connectivity index (χ0) is 13.8. The monoisotopic (exact) mass is 295 g/mol. The lowest BCUT2D eigenvalue weighted by atomic mass is 9.98. The second-order valence-electron chi connectivity index (χ2n) is 4.39.